The number of nitrogens with zero attached hydrogens (tertiary/aromatic N) is 2. The molecule has 94 valence electrons. The lowest BCUT2D eigenvalue weighted by Gasteiger charge is -2.21. The summed E-state index contributed by atoms with van der Waals surface area (Å²) in [6.45, 7) is 1.95. The van der Waals surface area contributed by atoms with Crippen LogP contribution in [0.3, 0.4) is 0 Å². The third kappa shape index (κ3) is 2.55. The van der Waals surface area contributed by atoms with E-state index in [9.17, 15) is 5.21 Å². The van der Waals surface area contributed by atoms with E-state index in [1.165, 1.54) is 6.20 Å². The summed E-state index contributed by atoms with van der Waals surface area (Å²) in [7, 11) is 1.74. The quantitative estimate of drug-likeness (QED) is 0.586. The van der Waals surface area contributed by atoms with E-state index in [1.54, 1.807) is 11.7 Å². The third-order valence-corrected chi connectivity index (χ3v) is 2.90. The lowest BCUT2D eigenvalue weighted by atomic mass is 10.1. The van der Waals surface area contributed by atoms with Crippen LogP contribution in [0.2, 0.25) is 0 Å². The monoisotopic (exact) mass is 239 g/mol. The van der Waals surface area contributed by atoms with E-state index >= 15 is 0 Å². The second-order valence-electron chi connectivity index (χ2n) is 4.21. The van der Waals surface area contributed by atoms with Crippen molar-refractivity contribution in [2.24, 2.45) is 7.05 Å². The smallest absolute Gasteiger partial charge is 0.208 e. The third-order valence-electron chi connectivity index (χ3n) is 2.90. The van der Waals surface area contributed by atoms with Gasteiger partial charge in [-0.15, -0.1) is 0 Å². The molecule has 17 heavy (non-hydrogen) atoms. The predicted octanol–water partition coefficient (Wildman–Crippen LogP) is 0.620. The van der Waals surface area contributed by atoms with Crippen LogP contribution in [-0.4, -0.2) is 21.1 Å². The van der Waals surface area contributed by atoms with Crippen LogP contribution in [0.5, 0.6) is 0 Å². The maximum Gasteiger partial charge on any atom is 0.208 e. The van der Waals surface area contributed by atoms with Crippen molar-refractivity contribution in [3.05, 3.63) is 29.3 Å². The summed E-state index contributed by atoms with van der Waals surface area (Å²) in [6.07, 6.45) is 6.90. The average molecular weight is 239 g/mol. The first kappa shape index (κ1) is 12.3. The summed E-state index contributed by atoms with van der Waals surface area (Å²) in [5.74, 6) is 0. The second kappa shape index (κ2) is 4.97. The Kier molecular flexibility index (Phi) is 3.58. The number of hydrogen-bond acceptors (Lipinski definition) is 4. The summed E-state index contributed by atoms with van der Waals surface area (Å²) in [6, 6.07) is 0. The first-order chi connectivity index (χ1) is 8.09. The van der Waals surface area contributed by atoms with Crippen LogP contribution in [0.25, 0.3) is 0 Å². The molecule has 2 heterocycles. The average Bonchev–Trinajstić information content (AvgIpc) is 2.52. The molecular formula is C11H17N3O3. The molecule has 0 fully saturated rings. The van der Waals surface area contributed by atoms with Gasteiger partial charge in [0.25, 0.3) is 0 Å². The van der Waals surface area contributed by atoms with E-state index in [0.717, 1.165) is 12.8 Å². The molecule has 2 rings (SSSR count). The summed E-state index contributed by atoms with van der Waals surface area (Å²) in [5.41, 5.74) is 0.875. The fourth-order valence-electron chi connectivity index (χ4n) is 2.10. The zero-order valence-corrected chi connectivity index (χ0v) is 9.96. The maximum absolute atomic E-state index is 11.1. The minimum absolute atomic E-state index is 0.000884. The molecule has 1 aliphatic rings. The zero-order valence-electron chi connectivity index (χ0n) is 9.96. The Morgan fingerprint density at radius 2 is 2.41 bits per heavy atom. The molecule has 1 aliphatic heterocycles. The van der Waals surface area contributed by atoms with Crippen LogP contribution < -0.4 is 5.23 Å². The fourth-order valence-corrected chi connectivity index (χ4v) is 2.10. The van der Waals surface area contributed by atoms with Gasteiger partial charge in [-0.2, -0.15) is 10.3 Å². The molecule has 3 atom stereocenters. The Bertz CT molecular complexity index is 414. The van der Waals surface area contributed by atoms with Gasteiger partial charge in [0.1, 0.15) is 18.0 Å². The van der Waals surface area contributed by atoms with E-state index in [2.05, 4.69) is 11.2 Å². The van der Waals surface area contributed by atoms with Crippen molar-refractivity contribution in [1.29, 1.82) is 0 Å². The molecule has 0 aliphatic carbocycles. The van der Waals surface area contributed by atoms with Crippen molar-refractivity contribution in [2.45, 2.75) is 32.0 Å². The number of hydrogen-bond donors (Lipinski definition) is 2. The molecule has 6 heteroatoms. The molecule has 1 aromatic heterocycles. The normalized spacial score (nSPS) is 26.8. The van der Waals surface area contributed by atoms with Crippen molar-refractivity contribution in [1.82, 2.24) is 9.78 Å². The fraction of sp³-hybridized carbons (Fsp3) is 0.545. The number of aryl methyl sites for hydroxylation is 1. The Balaban J connectivity index is 2.29. The highest BCUT2D eigenvalue weighted by molar-refractivity contribution is 5.34. The topological polar surface area (TPSA) is 74.8 Å². The van der Waals surface area contributed by atoms with Crippen LogP contribution in [-0.2, 0) is 11.8 Å². The summed E-state index contributed by atoms with van der Waals surface area (Å²) in [5, 5.41) is 23.3. The highest BCUT2D eigenvalue weighted by Crippen LogP contribution is 2.30. The molecule has 0 spiro atoms. The molecule has 0 radical (unpaired) electrons. The Hall–Kier alpha value is -1.21. The molecular weight excluding hydrogens is 222 g/mol. The van der Waals surface area contributed by atoms with Gasteiger partial charge in [0.05, 0.1) is 6.10 Å². The summed E-state index contributed by atoms with van der Waals surface area (Å²) < 4.78 is 7.41. The number of quaternary nitrogens is 1. The van der Waals surface area contributed by atoms with Gasteiger partial charge in [0.2, 0.25) is 5.69 Å². The van der Waals surface area contributed by atoms with E-state index in [0.29, 0.717) is 5.69 Å². The van der Waals surface area contributed by atoms with Gasteiger partial charge in [-0.3, -0.25) is 4.68 Å². The molecule has 1 unspecified atom stereocenters. The number of rotatable bonds is 2. The van der Waals surface area contributed by atoms with E-state index in [1.807, 2.05) is 13.0 Å². The van der Waals surface area contributed by atoms with E-state index in [-0.39, 0.29) is 17.9 Å². The first-order valence-corrected chi connectivity index (χ1v) is 5.67. The molecule has 6 nitrogen and oxygen atoms in total. The van der Waals surface area contributed by atoms with Gasteiger partial charge >= 0.3 is 0 Å². The van der Waals surface area contributed by atoms with E-state index in [4.69, 9.17) is 9.94 Å². The van der Waals surface area contributed by atoms with Gasteiger partial charge in [-0.25, -0.2) is 5.21 Å². The second-order valence-corrected chi connectivity index (χ2v) is 4.21. The van der Waals surface area contributed by atoms with Gasteiger partial charge in [0, 0.05) is 7.05 Å². The first-order valence-electron chi connectivity index (χ1n) is 5.67. The van der Waals surface area contributed by atoms with Crippen LogP contribution in [0.15, 0.2) is 18.3 Å². The van der Waals surface area contributed by atoms with Gasteiger partial charge in [-0.05, 0) is 19.8 Å². The van der Waals surface area contributed by atoms with Gasteiger partial charge < -0.3 is 9.94 Å². The van der Waals surface area contributed by atoms with Crippen LogP contribution in [0, 0.1) is 5.21 Å². The maximum atomic E-state index is 11.1. The minimum atomic E-state index is -0.957. The number of ether oxygens (including phenoxy) is 1. The zero-order chi connectivity index (χ0) is 12.4. The van der Waals surface area contributed by atoms with Crippen LogP contribution in [0.1, 0.15) is 31.6 Å². The minimum Gasteiger partial charge on any atom is -0.595 e. The largest absolute Gasteiger partial charge is 0.595 e. The Morgan fingerprint density at radius 1 is 1.65 bits per heavy atom. The van der Waals surface area contributed by atoms with Gasteiger partial charge in [0.15, 0.2) is 0 Å². The lowest BCUT2D eigenvalue weighted by Crippen LogP contribution is -2.99. The molecule has 0 saturated heterocycles. The lowest BCUT2D eigenvalue weighted by molar-refractivity contribution is -0.991. The summed E-state index contributed by atoms with van der Waals surface area (Å²) in [4.78, 5) is 0. The molecule has 0 bridgehead atoms. The van der Waals surface area contributed by atoms with Crippen molar-refractivity contribution >= 4 is 5.69 Å². The van der Waals surface area contributed by atoms with Crippen LogP contribution >= 0.6 is 0 Å². The van der Waals surface area contributed by atoms with E-state index < -0.39 is 5.23 Å². The number of aromatic nitrogens is 2. The van der Waals surface area contributed by atoms with Gasteiger partial charge in [-0.1, -0.05) is 12.2 Å². The van der Waals surface area contributed by atoms with Crippen molar-refractivity contribution in [2.75, 3.05) is 0 Å². The molecule has 1 aromatic rings. The highest BCUT2D eigenvalue weighted by Gasteiger charge is 2.26. The number of nitrogens with one attached hydrogen (secondary N) is 1. The molecule has 0 amide bonds. The predicted molar refractivity (Wildman–Crippen MR) is 60.6 cm³/mol. The Morgan fingerprint density at radius 3 is 3.12 bits per heavy atom. The SMILES string of the molecule is C[C@H]1C=CCC[C@@H](c2c([NH+]([O-])O)cnn2C)O1. The number of allylic oxidation sites excluding steroid dienone is 1. The van der Waals surface area contributed by atoms with Crippen molar-refractivity contribution < 1.29 is 15.2 Å². The van der Waals surface area contributed by atoms with Crippen molar-refractivity contribution in [3.8, 4) is 0 Å². The van der Waals surface area contributed by atoms with Crippen molar-refractivity contribution in [3.63, 3.8) is 0 Å². The van der Waals surface area contributed by atoms with Crippen LogP contribution in [0.4, 0.5) is 5.69 Å². The molecule has 0 saturated carbocycles. The standard InChI is InChI=1S/C11H17N3O3/c1-8-5-3-4-6-10(17-8)11-9(14(15)16)7-12-13(11)2/h3,5,7-8,10,14-15H,4,6H2,1-2H3/t8-,10-/m0/s1. The highest BCUT2D eigenvalue weighted by atomic mass is 16.8. The molecule has 2 N–H and O–H groups in total. The summed E-state index contributed by atoms with van der Waals surface area (Å²) >= 11 is 0. The molecule has 0 aromatic carbocycles. The Labute approximate surface area is 99.6 Å².